The van der Waals surface area contributed by atoms with Gasteiger partial charge < -0.3 is 4.57 Å². The fraction of sp³-hybridized carbons (Fsp3) is 0.111. The molecule has 5 nitrogen and oxygen atoms in total. The van der Waals surface area contributed by atoms with Crippen LogP contribution in [0.4, 0.5) is 0 Å². The Hall–Kier alpha value is -2.73. The number of rotatable bonds is 3. The molecule has 0 unspecified atom stereocenters. The van der Waals surface area contributed by atoms with Gasteiger partial charge in [-0.25, -0.2) is 9.97 Å². The lowest BCUT2D eigenvalue weighted by Gasteiger charge is -2.06. The van der Waals surface area contributed by atoms with Crippen molar-refractivity contribution in [3.8, 4) is 11.4 Å². The van der Waals surface area contributed by atoms with Gasteiger partial charge in [0, 0.05) is 18.0 Å². The summed E-state index contributed by atoms with van der Waals surface area (Å²) in [6.45, 7) is 2.07. The van der Waals surface area contributed by atoms with Gasteiger partial charge in [0.1, 0.15) is 11.4 Å². The fourth-order valence-corrected chi connectivity index (χ4v) is 3.41. The van der Waals surface area contributed by atoms with Crippen LogP contribution in [0.15, 0.2) is 65.0 Å². The van der Waals surface area contributed by atoms with Crippen LogP contribution in [0.25, 0.3) is 22.3 Å². The molecule has 2 aromatic heterocycles. The largest absolute Gasteiger partial charge is 0.305 e. The highest BCUT2D eigenvalue weighted by molar-refractivity contribution is 7.99. The molecule has 118 valence electrons. The Kier molecular flexibility index (Phi) is 3.74. The molecule has 0 radical (unpaired) electrons. The van der Waals surface area contributed by atoms with E-state index in [1.807, 2.05) is 48.0 Å². The zero-order chi connectivity index (χ0) is 16.5. The average Bonchev–Trinajstić information content (AvgIpc) is 2.97. The predicted octanol–water partition coefficient (Wildman–Crippen LogP) is 3.88. The highest BCUT2D eigenvalue weighted by Gasteiger charge is 2.14. The Morgan fingerprint density at radius 2 is 1.79 bits per heavy atom. The molecule has 0 bridgehead atoms. The third-order valence-electron chi connectivity index (χ3n) is 3.81. The van der Waals surface area contributed by atoms with Crippen molar-refractivity contribution in [1.29, 1.82) is 0 Å². The summed E-state index contributed by atoms with van der Waals surface area (Å²) >= 11 is 1.51. The quantitative estimate of drug-likeness (QED) is 0.532. The minimum absolute atomic E-state index is 0.801. The monoisotopic (exact) mass is 333 g/mol. The van der Waals surface area contributed by atoms with Crippen LogP contribution in [-0.4, -0.2) is 24.7 Å². The van der Waals surface area contributed by atoms with Gasteiger partial charge in [-0.2, -0.15) is 0 Å². The summed E-state index contributed by atoms with van der Waals surface area (Å²) in [5.74, 6) is 0.840. The Morgan fingerprint density at radius 1 is 0.958 bits per heavy atom. The van der Waals surface area contributed by atoms with Gasteiger partial charge in [-0.05, 0) is 30.8 Å². The number of hydrogen-bond donors (Lipinski definition) is 0. The van der Waals surface area contributed by atoms with Crippen LogP contribution in [0.2, 0.25) is 0 Å². The highest BCUT2D eigenvalue weighted by Crippen LogP contribution is 2.31. The van der Waals surface area contributed by atoms with Gasteiger partial charge >= 0.3 is 0 Å². The predicted molar refractivity (Wildman–Crippen MR) is 94.8 cm³/mol. The zero-order valence-electron chi connectivity index (χ0n) is 13.3. The molecule has 0 aliphatic heterocycles. The van der Waals surface area contributed by atoms with Crippen LogP contribution in [0.3, 0.4) is 0 Å². The first-order valence-electron chi connectivity index (χ1n) is 7.56. The van der Waals surface area contributed by atoms with Gasteiger partial charge in [-0.1, -0.05) is 42.0 Å². The number of nitrogens with zero attached hydrogens (tertiary/aromatic N) is 5. The fourth-order valence-electron chi connectivity index (χ4n) is 2.56. The third-order valence-corrected chi connectivity index (χ3v) is 4.87. The van der Waals surface area contributed by atoms with E-state index in [0.717, 1.165) is 32.5 Å². The first kappa shape index (κ1) is 14.8. The summed E-state index contributed by atoms with van der Waals surface area (Å²) in [6.07, 6.45) is 1.59. The Balaban J connectivity index is 1.75. The van der Waals surface area contributed by atoms with Crippen molar-refractivity contribution in [2.45, 2.75) is 17.1 Å². The highest BCUT2D eigenvalue weighted by atomic mass is 32.2. The maximum absolute atomic E-state index is 4.44. The molecule has 0 aliphatic rings. The van der Waals surface area contributed by atoms with Crippen molar-refractivity contribution in [2.75, 3.05) is 0 Å². The van der Waals surface area contributed by atoms with E-state index in [-0.39, 0.29) is 0 Å². The SMILES string of the molecule is Cc1ccc2ncnc(Sc3nnc(-c4ccccc4)n3C)c2c1. The molecular formula is C18H15N5S. The summed E-state index contributed by atoms with van der Waals surface area (Å²) in [5, 5.41) is 11.4. The summed E-state index contributed by atoms with van der Waals surface area (Å²) < 4.78 is 1.99. The Labute approximate surface area is 143 Å². The van der Waals surface area contributed by atoms with E-state index in [2.05, 4.69) is 39.2 Å². The average molecular weight is 333 g/mol. The molecule has 24 heavy (non-hydrogen) atoms. The van der Waals surface area contributed by atoms with Crippen molar-refractivity contribution in [3.05, 3.63) is 60.4 Å². The first-order valence-corrected chi connectivity index (χ1v) is 8.38. The molecule has 0 fully saturated rings. The molecule has 0 amide bonds. The Morgan fingerprint density at radius 3 is 2.62 bits per heavy atom. The molecule has 2 heterocycles. The molecule has 4 rings (SSSR count). The van der Waals surface area contributed by atoms with Crippen LogP contribution in [0, 0.1) is 6.92 Å². The molecule has 2 aromatic carbocycles. The molecule has 0 spiro atoms. The standard InChI is InChI=1S/C18H15N5S/c1-12-8-9-15-14(10-12)17(20-11-19-15)24-18-22-21-16(23(18)2)13-6-4-3-5-7-13/h3-11H,1-2H3. The van der Waals surface area contributed by atoms with Gasteiger partial charge in [-0.3, -0.25) is 0 Å². The maximum atomic E-state index is 4.44. The van der Waals surface area contributed by atoms with Gasteiger partial charge in [-0.15, -0.1) is 10.2 Å². The van der Waals surface area contributed by atoms with Crippen molar-refractivity contribution in [3.63, 3.8) is 0 Å². The van der Waals surface area contributed by atoms with Crippen molar-refractivity contribution in [1.82, 2.24) is 24.7 Å². The van der Waals surface area contributed by atoms with E-state index < -0.39 is 0 Å². The molecule has 0 aliphatic carbocycles. The van der Waals surface area contributed by atoms with E-state index in [1.54, 1.807) is 6.33 Å². The lowest BCUT2D eigenvalue weighted by molar-refractivity contribution is 0.792. The molecule has 4 aromatic rings. The van der Waals surface area contributed by atoms with Gasteiger partial charge in [0.05, 0.1) is 5.52 Å². The number of aryl methyl sites for hydroxylation is 1. The number of fused-ring (bicyclic) bond motifs is 1. The van der Waals surface area contributed by atoms with E-state index >= 15 is 0 Å². The van der Waals surface area contributed by atoms with Gasteiger partial charge in [0.25, 0.3) is 0 Å². The van der Waals surface area contributed by atoms with Crippen LogP contribution in [-0.2, 0) is 7.05 Å². The smallest absolute Gasteiger partial charge is 0.197 e. The molecule has 0 N–H and O–H groups in total. The minimum atomic E-state index is 0.801. The van der Waals surface area contributed by atoms with Gasteiger partial charge in [0.2, 0.25) is 0 Å². The van der Waals surface area contributed by atoms with Crippen molar-refractivity contribution < 1.29 is 0 Å². The summed E-state index contributed by atoms with van der Waals surface area (Å²) in [7, 11) is 1.97. The first-order chi connectivity index (χ1) is 11.7. The van der Waals surface area contributed by atoms with Crippen LogP contribution in [0.5, 0.6) is 0 Å². The van der Waals surface area contributed by atoms with Crippen molar-refractivity contribution in [2.24, 2.45) is 7.05 Å². The lowest BCUT2D eigenvalue weighted by Crippen LogP contribution is -1.95. The topological polar surface area (TPSA) is 56.5 Å². The van der Waals surface area contributed by atoms with Crippen molar-refractivity contribution >= 4 is 22.7 Å². The van der Waals surface area contributed by atoms with E-state index in [1.165, 1.54) is 17.3 Å². The molecule has 6 heteroatoms. The number of hydrogen-bond acceptors (Lipinski definition) is 5. The van der Waals surface area contributed by atoms with Crippen LogP contribution >= 0.6 is 11.8 Å². The zero-order valence-corrected chi connectivity index (χ0v) is 14.2. The third kappa shape index (κ3) is 2.65. The molecule has 0 atom stereocenters. The van der Waals surface area contributed by atoms with E-state index in [4.69, 9.17) is 0 Å². The van der Waals surface area contributed by atoms with Crippen LogP contribution < -0.4 is 0 Å². The molecular weight excluding hydrogens is 318 g/mol. The van der Waals surface area contributed by atoms with E-state index in [0.29, 0.717) is 0 Å². The number of benzene rings is 2. The summed E-state index contributed by atoms with van der Waals surface area (Å²) in [4.78, 5) is 8.77. The second kappa shape index (κ2) is 6.05. The Bertz CT molecular complexity index is 1010. The second-order valence-corrected chi connectivity index (χ2v) is 6.49. The normalized spacial score (nSPS) is 11.1. The van der Waals surface area contributed by atoms with Crippen LogP contribution in [0.1, 0.15) is 5.56 Å². The number of aromatic nitrogens is 5. The summed E-state index contributed by atoms with van der Waals surface area (Å²) in [5.41, 5.74) is 3.16. The minimum Gasteiger partial charge on any atom is -0.305 e. The lowest BCUT2D eigenvalue weighted by atomic mass is 10.2. The summed E-state index contributed by atoms with van der Waals surface area (Å²) in [6, 6.07) is 16.2. The molecule has 0 saturated carbocycles. The molecule has 0 saturated heterocycles. The second-order valence-electron chi connectivity index (χ2n) is 5.53. The van der Waals surface area contributed by atoms with Gasteiger partial charge in [0.15, 0.2) is 11.0 Å². The maximum Gasteiger partial charge on any atom is 0.197 e. The van der Waals surface area contributed by atoms with E-state index in [9.17, 15) is 0 Å².